The molecule has 2 atom stereocenters. The van der Waals surface area contributed by atoms with Gasteiger partial charge in [-0.3, -0.25) is 4.90 Å². The molecule has 2 saturated carbocycles. The molecule has 180 valence electrons. The Labute approximate surface area is 202 Å². The number of rotatable bonds is 3. The number of nitrogens with zero attached hydrogens (tertiary/aromatic N) is 2. The number of benzene rings is 1. The van der Waals surface area contributed by atoms with E-state index in [-0.39, 0.29) is 17.2 Å². The van der Waals surface area contributed by atoms with E-state index >= 15 is 0 Å². The number of halogens is 1. The van der Waals surface area contributed by atoms with E-state index in [2.05, 4.69) is 41.9 Å². The molecule has 2 N–H and O–H groups in total. The summed E-state index contributed by atoms with van der Waals surface area (Å²) in [5, 5.41) is 14.6. The highest BCUT2D eigenvalue weighted by Crippen LogP contribution is 2.54. The van der Waals surface area contributed by atoms with E-state index in [0.717, 1.165) is 66.8 Å². The summed E-state index contributed by atoms with van der Waals surface area (Å²) in [5.41, 5.74) is 7.19. The lowest BCUT2D eigenvalue weighted by molar-refractivity contribution is 0.167. The average Bonchev–Trinajstić information content (AvgIpc) is 3.38. The zero-order valence-electron chi connectivity index (χ0n) is 20.5. The van der Waals surface area contributed by atoms with Crippen LogP contribution in [-0.2, 0) is 6.54 Å². The SMILES string of the molecule is C=C/C(O)=C1/CN(Cc2ccc(F)c(C)c2)CC/C1=C1\C(=C)NC2(CC3CC(=C)CC3C2)N1C. The minimum absolute atomic E-state index is 0.0901. The molecule has 34 heavy (non-hydrogen) atoms. The van der Waals surface area contributed by atoms with Gasteiger partial charge in [0.1, 0.15) is 17.2 Å². The van der Waals surface area contributed by atoms with Crippen LogP contribution in [-0.4, -0.2) is 40.7 Å². The predicted molar refractivity (Wildman–Crippen MR) is 135 cm³/mol. The van der Waals surface area contributed by atoms with Crippen molar-refractivity contribution in [3.8, 4) is 0 Å². The van der Waals surface area contributed by atoms with Gasteiger partial charge >= 0.3 is 0 Å². The van der Waals surface area contributed by atoms with E-state index in [1.165, 1.54) is 17.7 Å². The number of aryl methyl sites for hydroxylation is 1. The van der Waals surface area contributed by atoms with Crippen LogP contribution in [0.15, 0.2) is 77.9 Å². The van der Waals surface area contributed by atoms with Crippen LogP contribution in [0.5, 0.6) is 0 Å². The van der Waals surface area contributed by atoms with Gasteiger partial charge < -0.3 is 15.3 Å². The molecule has 2 aliphatic carbocycles. The summed E-state index contributed by atoms with van der Waals surface area (Å²) in [4.78, 5) is 4.71. The maximum Gasteiger partial charge on any atom is 0.126 e. The number of likely N-dealkylation sites (tertiary alicyclic amines) is 1. The third-order valence-corrected chi connectivity index (χ3v) is 8.46. The maximum atomic E-state index is 13.7. The molecule has 2 saturated heterocycles. The van der Waals surface area contributed by atoms with Crippen molar-refractivity contribution in [2.75, 3.05) is 20.1 Å². The van der Waals surface area contributed by atoms with Crippen LogP contribution in [0, 0.1) is 24.6 Å². The van der Waals surface area contributed by atoms with Gasteiger partial charge in [-0.1, -0.05) is 37.4 Å². The molecule has 0 bridgehead atoms. The lowest BCUT2D eigenvalue weighted by Crippen LogP contribution is -2.47. The van der Waals surface area contributed by atoms with Crippen LogP contribution in [0.25, 0.3) is 0 Å². The first-order valence-corrected chi connectivity index (χ1v) is 12.3. The number of aliphatic hydroxyl groups is 1. The lowest BCUT2D eigenvalue weighted by atomic mass is 9.92. The Bertz CT molecular complexity index is 1110. The smallest absolute Gasteiger partial charge is 0.126 e. The molecule has 2 unspecified atom stereocenters. The molecule has 4 nitrogen and oxygen atoms in total. The number of likely N-dealkylation sites (N-methyl/N-ethyl adjacent to an activating group) is 1. The van der Waals surface area contributed by atoms with Crippen molar-refractivity contribution in [1.29, 1.82) is 0 Å². The molecule has 1 aromatic rings. The van der Waals surface area contributed by atoms with Gasteiger partial charge in [0.2, 0.25) is 0 Å². The molecular formula is C29H36FN3O. The number of nitrogens with one attached hydrogen (secondary N) is 1. The topological polar surface area (TPSA) is 38.7 Å². The van der Waals surface area contributed by atoms with Crippen LogP contribution in [0.4, 0.5) is 4.39 Å². The average molecular weight is 462 g/mol. The predicted octanol–water partition coefficient (Wildman–Crippen LogP) is 5.71. The molecule has 4 fully saturated rings. The summed E-state index contributed by atoms with van der Waals surface area (Å²) in [6.45, 7) is 16.5. The number of aliphatic hydroxyl groups excluding tert-OH is 1. The molecule has 5 heteroatoms. The highest BCUT2D eigenvalue weighted by atomic mass is 19.1. The van der Waals surface area contributed by atoms with Crippen molar-refractivity contribution in [3.63, 3.8) is 0 Å². The van der Waals surface area contributed by atoms with Crippen molar-refractivity contribution in [3.05, 3.63) is 94.8 Å². The second-order valence-electron chi connectivity index (χ2n) is 10.7. The Morgan fingerprint density at radius 3 is 2.62 bits per heavy atom. The highest BCUT2D eigenvalue weighted by molar-refractivity contribution is 5.50. The van der Waals surface area contributed by atoms with Gasteiger partial charge in [-0.15, -0.1) is 0 Å². The van der Waals surface area contributed by atoms with E-state index in [1.807, 2.05) is 12.1 Å². The van der Waals surface area contributed by atoms with Gasteiger partial charge in [-0.25, -0.2) is 4.39 Å². The summed E-state index contributed by atoms with van der Waals surface area (Å²) >= 11 is 0. The number of hydrogen-bond donors (Lipinski definition) is 2. The molecule has 0 amide bonds. The van der Waals surface area contributed by atoms with Crippen molar-refractivity contribution >= 4 is 0 Å². The van der Waals surface area contributed by atoms with Crippen LogP contribution in [0.1, 0.15) is 43.2 Å². The molecule has 2 heterocycles. The molecule has 5 rings (SSSR count). The first-order valence-electron chi connectivity index (χ1n) is 12.3. The van der Waals surface area contributed by atoms with Crippen LogP contribution in [0.3, 0.4) is 0 Å². The zero-order valence-corrected chi connectivity index (χ0v) is 20.5. The minimum atomic E-state index is -0.177. The van der Waals surface area contributed by atoms with Crippen molar-refractivity contribution in [1.82, 2.24) is 15.1 Å². The van der Waals surface area contributed by atoms with Gasteiger partial charge in [-0.2, -0.15) is 0 Å². The molecule has 0 aromatic heterocycles. The van der Waals surface area contributed by atoms with Crippen molar-refractivity contribution in [2.24, 2.45) is 11.8 Å². The Morgan fingerprint density at radius 1 is 1.26 bits per heavy atom. The second kappa shape index (κ2) is 8.46. The van der Waals surface area contributed by atoms with E-state index in [1.54, 1.807) is 6.92 Å². The Kier molecular flexibility index (Phi) is 5.71. The first-order chi connectivity index (χ1) is 16.2. The maximum absolute atomic E-state index is 13.7. The molecule has 0 radical (unpaired) electrons. The third kappa shape index (κ3) is 3.80. The lowest BCUT2D eigenvalue weighted by Gasteiger charge is -2.37. The fourth-order valence-electron chi connectivity index (χ4n) is 6.82. The van der Waals surface area contributed by atoms with Gasteiger partial charge in [0.05, 0.1) is 11.4 Å². The molecule has 4 aliphatic rings. The fraction of sp³-hybridized carbons (Fsp3) is 0.448. The summed E-state index contributed by atoms with van der Waals surface area (Å²) in [5.74, 6) is 1.43. The number of piperidine rings is 1. The standard InChI is InChI=1S/C29H36FN3O/c1-6-27(34)25-17-33(16-21-7-8-26(30)19(3)13-21)10-9-24(25)28-20(4)31-29(32(28)5)14-22-11-18(2)12-23(22)15-29/h6-8,13,22-23,31,34H,1-2,4,9-12,14-17H2,3,5H3/b27-25+,28-24-. The van der Waals surface area contributed by atoms with Gasteiger partial charge in [0, 0.05) is 32.3 Å². The fourth-order valence-corrected chi connectivity index (χ4v) is 6.82. The van der Waals surface area contributed by atoms with Gasteiger partial charge in [0.15, 0.2) is 0 Å². The number of hydrogen-bond acceptors (Lipinski definition) is 4. The Morgan fingerprint density at radius 2 is 1.97 bits per heavy atom. The second-order valence-corrected chi connectivity index (χ2v) is 10.7. The van der Waals surface area contributed by atoms with Crippen LogP contribution < -0.4 is 5.32 Å². The van der Waals surface area contributed by atoms with Crippen LogP contribution in [0.2, 0.25) is 0 Å². The highest BCUT2D eigenvalue weighted by Gasteiger charge is 2.54. The van der Waals surface area contributed by atoms with Gasteiger partial charge in [-0.05, 0) is 79.7 Å². The summed E-state index contributed by atoms with van der Waals surface area (Å²) in [7, 11) is 2.18. The van der Waals surface area contributed by atoms with E-state index in [9.17, 15) is 9.50 Å². The summed E-state index contributed by atoms with van der Waals surface area (Å²) in [6.07, 6.45) is 6.83. The number of allylic oxidation sites excluding steroid dienone is 2. The first kappa shape index (κ1) is 23.0. The van der Waals surface area contributed by atoms with Crippen LogP contribution >= 0.6 is 0 Å². The van der Waals surface area contributed by atoms with Gasteiger partial charge in [0.25, 0.3) is 0 Å². The molecule has 1 spiro atoms. The third-order valence-electron chi connectivity index (χ3n) is 8.46. The summed E-state index contributed by atoms with van der Waals surface area (Å²) in [6, 6.07) is 5.29. The van der Waals surface area contributed by atoms with Crippen molar-refractivity contribution < 1.29 is 9.50 Å². The zero-order chi connectivity index (χ0) is 24.2. The van der Waals surface area contributed by atoms with Crippen molar-refractivity contribution in [2.45, 2.75) is 51.2 Å². The van der Waals surface area contributed by atoms with E-state index in [0.29, 0.717) is 30.5 Å². The molecule has 2 aliphatic heterocycles. The minimum Gasteiger partial charge on any atom is -0.508 e. The normalized spacial score (nSPS) is 33.0. The Hall–Kier alpha value is -2.79. The molecule has 1 aromatic carbocycles. The monoisotopic (exact) mass is 461 g/mol. The Balaban J connectivity index is 1.42. The number of fused-ring (bicyclic) bond motifs is 1. The van der Waals surface area contributed by atoms with E-state index < -0.39 is 0 Å². The summed E-state index contributed by atoms with van der Waals surface area (Å²) < 4.78 is 13.7. The quantitative estimate of drug-likeness (QED) is 0.447. The van der Waals surface area contributed by atoms with E-state index in [4.69, 9.17) is 0 Å². The largest absolute Gasteiger partial charge is 0.508 e. The molecular weight excluding hydrogens is 425 g/mol.